The van der Waals surface area contributed by atoms with E-state index in [0.717, 1.165) is 6.42 Å². The second kappa shape index (κ2) is 13.8. The molecular formula is C61H71BN2. The van der Waals surface area contributed by atoms with Gasteiger partial charge >= 0.3 is 0 Å². The number of hydrogen-bond acceptors (Lipinski definition) is 2. The van der Waals surface area contributed by atoms with Crippen LogP contribution in [0.4, 0.5) is 34.1 Å². The average Bonchev–Trinajstić information content (AvgIpc) is 3.40. The lowest BCUT2D eigenvalue weighted by Gasteiger charge is -2.47. The Morgan fingerprint density at radius 1 is 0.422 bits per heavy atom. The Morgan fingerprint density at radius 3 is 1.52 bits per heavy atom. The van der Waals surface area contributed by atoms with E-state index in [1.165, 1.54) is 119 Å². The summed E-state index contributed by atoms with van der Waals surface area (Å²) in [4.78, 5) is 5.40. The molecule has 0 unspecified atom stereocenters. The van der Waals surface area contributed by atoms with E-state index in [9.17, 15) is 0 Å². The Labute approximate surface area is 386 Å². The third-order valence-corrected chi connectivity index (χ3v) is 16.2. The third kappa shape index (κ3) is 6.48. The first-order valence-electron chi connectivity index (χ1n) is 24.2. The minimum atomic E-state index is -0.0980. The number of rotatable bonds is 3. The second-order valence-corrected chi connectivity index (χ2v) is 25.0. The topological polar surface area (TPSA) is 6.48 Å². The third-order valence-electron chi connectivity index (χ3n) is 16.2. The van der Waals surface area contributed by atoms with Crippen LogP contribution in [0.1, 0.15) is 161 Å². The summed E-state index contributed by atoms with van der Waals surface area (Å²) in [7, 11) is 0. The van der Waals surface area contributed by atoms with Crippen LogP contribution in [0, 0.1) is 13.8 Å². The van der Waals surface area contributed by atoms with E-state index in [-0.39, 0.29) is 39.2 Å². The average molecular weight is 843 g/mol. The monoisotopic (exact) mass is 843 g/mol. The molecule has 6 aromatic rings. The molecule has 0 atom stereocenters. The molecule has 2 aliphatic carbocycles. The van der Waals surface area contributed by atoms with Crippen molar-refractivity contribution in [1.29, 1.82) is 0 Å². The number of nitrogens with zero attached hydrogens (tertiary/aromatic N) is 2. The summed E-state index contributed by atoms with van der Waals surface area (Å²) in [6.45, 7) is 38.8. The Kier molecular flexibility index (Phi) is 9.22. The molecule has 2 nitrogen and oxygen atoms in total. The molecule has 6 aromatic carbocycles. The van der Waals surface area contributed by atoms with E-state index in [4.69, 9.17) is 0 Å². The zero-order valence-electron chi connectivity index (χ0n) is 41.9. The lowest BCUT2D eigenvalue weighted by molar-refractivity contribution is 0.332. The molecule has 0 bridgehead atoms. The lowest BCUT2D eigenvalue weighted by Crippen LogP contribution is -2.62. The van der Waals surface area contributed by atoms with E-state index in [1.807, 2.05) is 0 Å². The SMILES string of the molecule is Cc1cc(-c2ccccc2)ccc1N1c2cc(C(C)(C)C)ccc2B2c3cc4c(cc3N(c3cc5c(cc3C)C(C)(C)CCC5(C)C)c3cc(C(C)(C)C)cc1c32)C(C)(C)CC4(C)C. The van der Waals surface area contributed by atoms with Crippen LogP contribution in [0.15, 0.2) is 103 Å². The molecule has 0 aromatic heterocycles. The zero-order chi connectivity index (χ0) is 45.8. The van der Waals surface area contributed by atoms with E-state index in [2.05, 4.69) is 224 Å². The summed E-state index contributed by atoms with van der Waals surface area (Å²) in [6.07, 6.45) is 3.52. The smallest absolute Gasteiger partial charge is 0.252 e. The minimum Gasteiger partial charge on any atom is -0.311 e. The van der Waals surface area contributed by atoms with Gasteiger partial charge in [0, 0.05) is 34.1 Å². The van der Waals surface area contributed by atoms with Gasteiger partial charge in [-0.05, 0) is 180 Å². The van der Waals surface area contributed by atoms with Crippen molar-refractivity contribution in [2.24, 2.45) is 0 Å². The molecule has 10 rings (SSSR count). The van der Waals surface area contributed by atoms with E-state index in [0.29, 0.717) is 0 Å². The molecule has 0 saturated heterocycles. The van der Waals surface area contributed by atoms with Crippen LogP contribution in [-0.4, -0.2) is 6.71 Å². The zero-order valence-corrected chi connectivity index (χ0v) is 41.9. The van der Waals surface area contributed by atoms with Crippen molar-refractivity contribution < 1.29 is 0 Å². The largest absolute Gasteiger partial charge is 0.311 e. The number of anilines is 6. The normalized spacial score (nSPS) is 18.5. The molecule has 0 amide bonds. The fourth-order valence-corrected chi connectivity index (χ4v) is 12.5. The van der Waals surface area contributed by atoms with Crippen LogP contribution in [0.25, 0.3) is 11.1 Å². The molecule has 0 N–H and O–H groups in total. The molecule has 0 fully saturated rings. The van der Waals surface area contributed by atoms with Gasteiger partial charge < -0.3 is 9.80 Å². The van der Waals surface area contributed by atoms with Gasteiger partial charge in [-0.3, -0.25) is 0 Å². The Morgan fingerprint density at radius 2 is 0.922 bits per heavy atom. The van der Waals surface area contributed by atoms with Crippen LogP contribution in [0.2, 0.25) is 0 Å². The van der Waals surface area contributed by atoms with Crippen LogP contribution in [0.3, 0.4) is 0 Å². The van der Waals surface area contributed by atoms with E-state index in [1.54, 1.807) is 0 Å². The highest BCUT2D eigenvalue weighted by atomic mass is 15.2. The van der Waals surface area contributed by atoms with Crippen molar-refractivity contribution in [3.8, 4) is 11.1 Å². The maximum Gasteiger partial charge on any atom is 0.252 e. The minimum absolute atomic E-state index is 0.0182. The molecule has 328 valence electrons. The summed E-state index contributed by atoms with van der Waals surface area (Å²) in [6, 6.07) is 41.1. The highest BCUT2D eigenvalue weighted by Gasteiger charge is 2.49. The Bertz CT molecular complexity index is 2910. The second-order valence-electron chi connectivity index (χ2n) is 25.0. The first-order chi connectivity index (χ1) is 29.8. The Balaban J connectivity index is 1.34. The van der Waals surface area contributed by atoms with Gasteiger partial charge in [-0.25, -0.2) is 0 Å². The number of hydrogen-bond donors (Lipinski definition) is 0. The van der Waals surface area contributed by atoms with Crippen molar-refractivity contribution >= 4 is 57.2 Å². The van der Waals surface area contributed by atoms with Crippen LogP contribution in [0.5, 0.6) is 0 Å². The number of benzene rings is 6. The van der Waals surface area contributed by atoms with Crippen molar-refractivity contribution in [3.05, 3.63) is 148 Å². The van der Waals surface area contributed by atoms with Gasteiger partial charge in [-0.15, -0.1) is 0 Å². The predicted molar refractivity (Wildman–Crippen MR) is 279 cm³/mol. The van der Waals surface area contributed by atoms with Crippen molar-refractivity contribution in [2.75, 3.05) is 9.80 Å². The molecule has 4 aliphatic rings. The van der Waals surface area contributed by atoms with Gasteiger partial charge in [0.1, 0.15) is 0 Å². The van der Waals surface area contributed by atoms with Crippen molar-refractivity contribution in [3.63, 3.8) is 0 Å². The first-order valence-corrected chi connectivity index (χ1v) is 24.2. The standard InChI is InChI=1S/C61H71BN2/c1-37-28-40(39-20-18-17-19-21-39)22-25-49(37)63-51-30-41(56(3,4)5)23-24-47(51)62-48-33-44-46(61(15,16)36-60(44,13)14)35-52(48)64(54-32-42(57(6,7)8)31-53(63)55(54)62)50-34-45-43(29-38(50)2)58(9,10)26-27-59(45,11)12/h17-25,28-35H,26-27,36H2,1-16H3. The predicted octanol–water partition coefficient (Wildman–Crippen LogP) is 15.0. The van der Waals surface area contributed by atoms with E-state index >= 15 is 0 Å². The van der Waals surface area contributed by atoms with Gasteiger partial charge in [-0.2, -0.15) is 0 Å². The molecule has 0 radical (unpaired) electrons. The van der Waals surface area contributed by atoms with Gasteiger partial charge in [0.05, 0.1) is 0 Å². The lowest BCUT2D eigenvalue weighted by atomic mass is 9.33. The highest BCUT2D eigenvalue weighted by molar-refractivity contribution is 7.00. The fraction of sp³-hybridized carbons (Fsp3) is 0.410. The van der Waals surface area contributed by atoms with E-state index < -0.39 is 0 Å². The maximum absolute atomic E-state index is 2.74. The summed E-state index contributed by atoms with van der Waals surface area (Å²) >= 11 is 0. The number of aryl methyl sites for hydroxylation is 2. The fourth-order valence-electron chi connectivity index (χ4n) is 12.5. The molecule has 0 spiro atoms. The summed E-state index contributed by atoms with van der Waals surface area (Å²) < 4.78 is 0. The van der Waals surface area contributed by atoms with Crippen LogP contribution in [-0.2, 0) is 32.5 Å². The summed E-state index contributed by atoms with van der Waals surface area (Å²) in [5, 5.41) is 0. The summed E-state index contributed by atoms with van der Waals surface area (Å²) in [5.41, 5.74) is 26.1. The van der Waals surface area contributed by atoms with Gasteiger partial charge in [0.2, 0.25) is 0 Å². The molecule has 0 saturated carbocycles. The molecular weight excluding hydrogens is 771 g/mol. The molecule has 2 heterocycles. The number of fused-ring (bicyclic) bond motifs is 6. The van der Waals surface area contributed by atoms with Crippen molar-refractivity contribution in [1.82, 2.24) is 0 Å². The maximum atomic E-state index is 2.74. The highest BCUT2D eigenvalue weighted by Crippen LogP contribution is 2.55. The van der Waals surface area contributed by atoms with Gasteiger partial charge in [-0.1, -0.05) is 158 Å². The molecule has 3 heteroatoms. The van der Waals surface area contributed by atoms with Crippen molar-refractivity contribution in [2.45, 2.75) is 163 Å². The summed E-state index contributed by atoms with van der Waals surface area (Å²) in [5.74, 6) is 0. The van der Waals surface area contributed by atoms with Crippen LogP contribution < -0.4 is 26.2 Å². The Hall–Kier alpha value is -5.02. The van der Waals surface area contributed by atoms with Gasteiger partial charge in [0.15, 0.2) is 0 Å². The quantitative estimate of drug-likeness (QED) is 0.164. The molecule has 64 heavy (non-hydrogen) atoms. The van der Waals surface area contributed by atoms with Gasteiger partial charge in [0.25, 0.3) is 6.71 Å². The van der Waals surface area contributed by atoms with Crippen LogP contribution >= 0.6 is 0 Å². The first kappa shape index (κ1) is 42.9. The molecule has 2 aliphatic heterocycles.